The molecule has 2 rings (SSSR count). The van der Waals surface area contributed by atoms with E-state index < -0.39 is 11.9 Å². The Labute approximate surface area is 94.8 Å². The van der Waals surface area contributed by atoms with Gasteiger partial charge in [0.2, 0.25) is 0 Å². The topological polar surface area (TPSA) is 102 Å². The molecule has 0 amide bonds. The number of hydrogen-bond donors (Lipinski definition) is 2. The maximum atomic E-state index is 11.2. The van der Waals surface area contributed by atoms with Gasteiger partial charge in [-0.25, -0.2) is 14.6 Å². The van der Waals surface area contributed by atoms with Crippen molar-refractivity contribution in [1.82, 2.24) is 9.71 Å². The zero-order chi connectivity index (χ0) is 12.6. The van der Waals surface area contributed by atoms with Gasteiger partial charge < -0.3 is 15.1 Å². The second-order valence-electron chi connectivity index (χ2n) is 3.25. The number of nitrogens with zero attached hydrogens (tertiary/aromatic N) is 2. The number of hydrogen-bond acceptors (Lipinski definition) is 5. The van der Waals surface area contributed by atoms with Crippen molar-refractivity contribution in [2.24, 2.45) is 0 Å². The van der Waals surface area contributed by atoms with Crippen LogP contribution in [0.1, 0.15) is 21.0 Å². The Kier molecular flexibility index (Phi) is 2.43. The maximum absolute atomic E-state index is 11.2. The summed E-state index contributed by atoms with van der Waals surface area (Å²) in [5, 5.41) is 18.5. The highest BCUT2D eigenvalue weighted by Gasteiger charge is 2.18. The first-order chi connectivity index (χ1) is 8.04. The lowest BCUT2D eigenvalue weighted by molar-refractivity contribution is 0.0543. The molecule has 1 aromatic heterocycles. The summed E-state index contributed by atoms with van der Waals surface area (Å²) in [6, 6.07) is 3.95. The summed E-state index contributed by atoms with van der Waals surface area (Å²) in [5.74, 6) is -2.24. The fourth-order valence-electron chi connectivity index (χ4n) is 1.42. The van der Waals surface area contributed by atoms with Crippen molar-refractivity contribution >= 4 is 23.0 Å². The minimum atomic E-state index is -1.13. The van der Waals surface area contributed by atoms with E-state index in [2.05, 4.69) is 9.72 Å². The lowest BCUT2D eigenvalue weighted by Crippen LogP contribution is -2.09. The first-order valence-corrected chi connectivity index (χ1v) is 4.58. The standard InChI is InChI=1S/C10H8N2O5/c1-17-10(15)8-11-6-3-2-5(9(13)14)4-7(6)12(8)16/h2-4,16H,1H3,(H,13,14). The number of carboxylic acids is 1. The average molecular weight is 236 g/mol. The van der Waals surface area contributed by atoms with Gasteiger partial charge in [-0.05, 0) is 18.2 Å². The molecule has 0 fully saturated rings. The third-order valence-electron chi connectivity index (χ3n) is 2.25. The van der Waals surface area contributed by atoms with Crippen molar-refractivity contribution in [3.05, 3.63) is 29.6 Å². The largest absolute Gasteiger partial charge is 0.478 e. The predicted octanol–water partition coefficient (Wildman–Crippen LogP) is 0.758. The summed E-state index contributed by atoms with van der Waals surface area (Å²) in [7, 11) is 1.16. The molecule has 0 aliphatic heterocycles. The number of imidazole rings is 1. The third kappa shape index (κ3) is 1.67. The normalized spacial score (nSPS) is 10.4. The number of fused-ring (bicyclic) bond motifs is 1. The van der Waals surface area contributed by atoms with Crippen LogP contribution < -0.4 is 0 Å². The van der Waals surface area contributed by atoms with Gasteiger partial charge in [0.1, 0.15) is 5.52 Å². The van der Waals surface area contributed by atoms with E-state index in [0.29, 0.717) is 10.2 Å². The molecule has 0 atom stereocenters. The van der Waals surface area contributed by atoms with Gasteiger partial charge in [0.15, 0.2) is 0 Å². The van der Waals surface area contributed by atoms with Crippen LogP contribution in [-0.4, -0.2) is 39.1 Å². The Morgan fingerprint density at radius 3 is 2.71 bits per heavy atom. The molecule has 1 heterocycles. The number of aromatic carboxylic acids is 1. The quantitative estimate of drug-likeness (QED) is 0.589. The van der Waals surface area contributed by atoms with Crippen molar-refractivity contribution in [2.75, 3.05) is 7.11 Å². The van der Waals surface area contributed by atoms with Gasteiger partial charge >= 0.3 is 11.9 Å². The molecular formula is C10H8N2O5. The summed E-state index contributed by atoms with van der Waals surface area (Å²) >= 11 is 0. The zero-order valence-electron chi connectivity index (χ0n) is 8.75. The van der Waals surface area contributed by atoms with E-state index in [1.54, 1.807) is 0 Å². The predicted molar refractivity (Wildman–Crippen MR) is 55.2 cm³/mol. The summed E-state index contributed by atoms with van der Waals surface area (Å²) in [6.07, 6.45) is 0. The molecule has 17 heavy (non-hydrogen) atoms. The molecule has 2 N–H and O–H groups in total. The van der Waals surface area contributed by atoms with Crippen LogP contribution in [0.15, 0.2) is 18.2 Å². The van der Waals surface area contributed by atoms with Crippen LogP contribution in [0, 0.1) is 0 Å². The van der Waals surface area contributed by atoms with Gasteiger partial charge in [-0.15, -0.1) is 0 Å². The zero-order valence-corrected chi connectivity index (χ0v) is 8.75. The smallest absolute Gasteiger partial charge is 0.377 e. The minimum Gasteiger partial charge on any atom is -0.478 e. The first kappa shape index (κ1) is 10.9. The molecule has 0 aliphatic carbocycles. The second-order valence-corrected chi connectivity index (χ2v) is 3.25. The maximum Gasteiger partial charge on any atom is 0.377 e. The summed E-state index contributed by atoms with van der Waals surface area (Å²) in [4.78, 5) is 25.8. The highest BCUT2D eigenvalue weighted by atomic mass is 16.5. The van der Waals surface area contributed by atoms with Crippen LogP contribution in [0.5, 0.6) is 0 Å². The SMILES string of the molecule is COC(=O)c1nc2ccc(C(=O)O)cc2n1O. The van der Waals surface area contributed by atoms with E-state index in [1.165, 1.54) is 18.2 Å². The van der Waals surface area contributed by atoms with E-state index >= 15 is 0 Å². The van der Waals surface area contributed by atoms with Crippen LogP contribution >= 0.6 is 0 Å². The van der Waals surface area contributed by atoms with Crippen LogP contribution in [0.3, 0.4) is 0 Å². The Morgan fingerprint density at radius 1 is 1.41 bits per heavy atom. The van der Waals surface area contributed by atoms with Crippen molar-refractivity contribution in [2.45, 2.75) is 0 Å². The highest BCUT2D eigenvalue weighted by molar-refractivity contribution is 5.95. The van der Waals surface area contributed by atoms with Crippen molar-refractivity contribution in [1.29, 1.82) is 0 Å². The van der Waals surface area contributed by atoms with Gasteiger partial charge in [-0.3, -0.25) is 0 Å². The number of esters is 1. The fourth-order valence-corrected chi connectivity index (χ4v) is 1.42. The number of ether oxygens (including phenoxy) is 1. The van der Waals surface area contributed by atoms with E-state index in [0.717, 1.165) is 7.11 Å². The number of rotatable bonds is 2. The van der Waals surface area contributed by atoms with Crippen LogP contribution in [0.4, 0.5) is 0 Å². The lowest BCUT2D eigenvalue weighted by Gasteiger charge is -1.98. The molecule has 0 saturated heterocycles. The molecule has 1 aromatic carbocycles. The molecule has 0 radical (unpaired) electrons. The van der Waals surface area contributed by atoms with E-state index in [9.17, 15) is 14.8 Å². The third-order valence-corrected chi connectivity index (χ3v) is 2.25. The Bertz CT molecular complexity index is 616. The van der Waals surface area contributed by atoms with Gasteiger partial charge in [0.05, 0.1) is 18.2 Å². The lowest BCUT2D eigenvalue weighted by atomic mass is 10.2. The average Bonchev–Trinajstić information content (AvgIpc) is 2.65. The highest BCUT2D eigenvalue weighted by Crippen LogP contribution is 2.17. The van der Waals surface area contributed by atoms with Crippen LogP contribution in [-0.2, 0) is 4.74 Å². The number of aromatic nitrogens is 2. The molecule has 0 spiro atoms. The van der Waals surface area contributed by atoms with E-state index in [1.807, 2.05) is 0 Å². The minimum absolute atomic E-state index is 0.0101. The number of carbonyl (C=O) groups excluding carboxylic acids is 1. The van der Waals surface area contributed by atoms with E-state index in [-0.39, 0.29) is 16.9 Å². The number of benzene rings is 1. The molecule has 88 valence electrons. The fraction of sp³-hybridized carbons (Fsp3) is 0.100. The summed E-state index contributed by atoms with van der Waals surface area (Å²) < 4.78 is 4.93. The van der Waals surface area contributed by atoms with Crippen molar-refractivity contribution in [3.8, 4) is 0 Å². The van der Waals surface area contributed by atoms with Crippen molar-refractivity contribution in [3.63, 3.8) is 0 Å². The molecule has 0 unspecified atom stereocenters. The molecule has 7 nitrogen and oxygen atoms in total. The second kappa shape index (κ2) is 3.78. The molecule has 0 bridgehead atoms. The van der Waals surface area contributed by atoms with Crippen LogP contribution in [0.25, 0.3) is 11.0 Å². The van der Waals surface area contributed by atoms with Gasteiger partial charge in [-0.1, -0.05) is 0 Å². The summed E-state index contributed by atoms with van der Waals surface area (Å²) in [5.41, 5.74) is 0.423. The van der Waals surface area contributed by atoms with Gasteiger partial charge in [0.25, 0.3) is 5.82 Å². The van der Waals surface area contributed by atoms with Gasteiger partial charge in [0, 0.05) is 0 Å². The van der Waals surface area contributed by atoms with E-state index in [4.69, 9.17) is 5.11 Å². The molecule has 7 heteroatoms. The monoisotopic (exact) mass is 236 g/mol. The Balaban J connectivity index is 2.66. The number of methoxy groups -OCH3 is 1. The molecule has 0 aliphatic rings. The van der Waals surface area contributed by atoms with Gasteiger partial charge in [-0.2, -0.15) is 4.73 Å². The Hall–Kier alpha value is -2.57. The molecule has 0 saturated carbocycles. The van der Waals surface area contributed by atoms with Crippen molar-refractivity contribution < 1.29 is 24.6 Å². The molecule has 2 aromatic rings. The number of carbonyl (C=O) groups is 2. The summed E-state index contributed by atoms with van der Waals surface area (Å²) in [6.45, 7) is 0. The molecular weight excluding hydrogens is 228 g/mol. The Morgan fingerprint density at radius 2 is 2.12 bits per heavy atom. The first-order valence-electron chi connectivity index (χ1n) is 4.58. The van der Waals surface area contributed by atoms with Crippen LogP contribution in [0.2, 0.25) is 0 Å². The number of carboxylic acid groups (broad SMARTS) is 1.